The van der Waals surface area contributed by atoms with Gasteiger partial charge < -0.3 is 14.3 Å². The second-order valence-corrected chi connectivity index (χ2v) is 5.10. The van der Waals surface area contributed by atoms with Gasteiger partial charge >= 0.3 is 0 Å². The Kier molecular flexibility index (Phi) is 3.69. The molecular formula is C18H16O4. The Morgan fingerprint density at radius 1 is 1.14 bits per heavy atom. The lowest BCUT2D eigenvalue weighted by atomic mass is 10.0. The fraction of sp³-hybridized carbons (Fsp3) is 0.167. The van der Waals surface area contributed by atoms with E-state index in [1.807, 2.05) is 30.3 Å². The lowest BCUT2D eigenvalue weighted by Crippen LogP contribution is -2.10. The number of hydrogen-bond acceptors (Lipinski definition) is 4. The summed E-state index contributed by atoms with van der Waals surface area (Å²) in [6, 6.07) is 14.4. The molecule has 0 radical (unpaired) electrons. The minimum Gasteiger partial charge on any atom is -0.465 e. The van der Waals surface area contributed by atoms with Gasteiger partial charge in [0.05, 0.1) is 10.9 Å². The van der Waals surface area contributed by atoms with Crippen LogP contribution in [-0.2, 0) is 0 Å². The predicted octanol–water partition coefficient (Wildman–Crippen LogP) is 3.49. The van der Waals surface area contributed by atoms with Gasteiger partial charge in [-0.15, -0.1) is 0 Å². The van der Waals surface area contributed by atoms with Crippen LogP contribution in [0.1, 0.15) is 12.7 Å². The van der Waals surface area contributed by atoms with E-state index in [0.717, 1.165) is 5.56 Å². The summed E-state index contributed by atoms with van der Waals surface area (Å²) in [5.41, 5.74) is 1.77. The smallest absolute Gasteiger partial charge is 0.200 e. The van der Waals surface area contributed by atoms with E-state index in [2.05, 4.69) is 0 Å². The molecule has 2 aromatic carbocycles. The van der Waals surface area contributed by atoms with Gasteiger partial charge in [-0.3, -0.25) is 4.79 Å². The summed E-state index contributed by atoms with van der Waals surface area (Å²) in [4.78, 5) is 12.7. The molecule has 112 valence electrons. The molecule has 1 N–H and O–H groups in total. The quantitative estimate of drug-likeness (QED) is 0.752. The maximum Gasteiger partial charge on any atom is 0.200 e. The Balaban J connectivity index is 2.20. The van der Waals surface area contributed by atoms with E-state index in [-0.39, 0.29) is 5.43 Å². The average molecular weight is 296 g/mol. The predicted molar refractivity (Wildman–Crippen MR) is 85.0 cm³/mol. The molecule has 1 aromatic heterocycles. The fourth-order valence-electron chi connectivity index (χ4n) is 2.49. The summed E-state index contributed by atoms with van der Waals surface area (Å²) in [5.74, 6) is 1.01. The monoisotopic (exact) mass is 296 g/mol. The lowest BCUT2D eigenvalue weighted by molar-refractivity contribution is -0.000231. The third-order valence-corrected chi connectivity index (χ3v) is 3.41. The van der Waals surface area contributed by atoms with Crippen molar-refractivity contribution in [3.05, 3.63) is 64.5 Å². The van der Waals surface area contributed by atoms with Crippen LogP contribution in [0.5, 0.6) is 5.75 Å². The number of rotatable bonds is 3. The minimum absolute atomic E-state index is 0.0754. The molecular weight excluding hydrogens is 280 g/mol. The summed E-state index contributed by atoms with van der Waals surface area (Å²) in [7, 11) is 0. The van der Waals surface area contributed by atoms with Crippen molar-refractivity contribution in [2.45, 2.75) is 20.1 Å². The highest BCUT2D eigenvalue weighted by molar-refractivity contribution is 5.83. The molecule has 0 saturated carbocycles. The first-order valence-corrected chi connectivity index (χ1v) is 7.04. The second-order valence-electron chi connectivity index (χ2n) is 5.10. The van der Waals surface area contributed by atoms with Crippen molar-refractivity contribution in [3.8, 4) is 16.9 Å². The number of aliphatic hydroxyl groups excluding tert-OH is 1. The molecule has 22 heavy (non-hydrogen) atoms. The summed E-state index contributed by atoms with van der Waals surface area (Å²) in [6.07, 6.45) is -0.922. The van der Waals surface area contributed by atoms with Crippen molar-refractivity contribution in [3.63, 3.8) is 0 Å². The Morgan fingerprint density at radius 2 is 1.86 bits per heavy atom. The molecule has 0 amide bonds. The first-order valence-electron chi connectivity index (χ1n) is 7.04. The van der Waals surface area contributed by atoms with Crippen LogP contribution in [0.2, 0.25) is 0 Å². The van der Waals surface area contributed by atoms with Gasteiger partial charge in [0.2, 0.25) is 5.43 Å². The molecule has 1 atom stereocenters. The molecule has 4 heteroatoms. The maximum atomic E-state index is 12.7. The van der Waals surface area contributed by atoms with E-state index < -0.39 is 6.29 Å². The SMILES string of the molecule is Cc1oc2cc(OC(C)O)ccc2c(=O)c1-c1ccccc1. The lowest BCUT2D eigenvalue weighted by Gasteiger charge is -2.10. The number of hydrogen-bond donors (Lipinski definition) is 1. The highest BCUT2D eigenvalue weighted by Crippen LogP contribution is 2.26. The van der Waals surface area contributed by atoms with Crippen LogP contribution in [0.15, 0.2) is 57.7 Å². The Hall–Kier alpha value is -2.59. The van der Waals surface area contributed by atoms with Crippen molar-refractivity contribution < 1.29 is 14.3 Å². The molecule has 0 aliphatic rings. The normalized spacial score (nSPS) is 12.3. The zero-order chi connectivity index (χ0) is 15.7. The highest BCUT2D eigenvalue weighted by Gasteiger charge is 2.14. The summed E-state index contributed by atoms with van der Waals surface area (Å²) in [6.45, 7) is 3.29. The molecule has 1 heterocycles. The van der Waals surface area contributed by atoms with E-state index in [0.29, 0.717) is 28.0 Å². The number of aliphatic hydroxyl groups is 1. The maximum absolute atomic E-state index is 12.7. The van der Waals surface area contributed by atoms with E-state index >= 15 is 0 Å². The van der Waals surface area contributed by atoms with Crippen molar-refractivity contribution in [2.24, 2.45) is 0 Å². The number of fused-ring (bicyclic) bond motifs is 1. The molecule has 3 aromatic rings. The molecule has 4 nitrogen and oxygen atoms in total. The van der Waals surface area contributed by atoms with Gasteiger partial charge in [-0.05, 0) is 31.5 Å². The van der Waals surface area contributed by atoms with Gasteiger partial charge in [-0.2, -0.15) is 0 Å². The van der Waals surface area contributed by atoms with Crippen LogP contribution >= 0.6 is 0 Å². The Bertz CT molecular complexity index is 863. The zero-order valence-electron chi connectivity index (χ0n) is 12.4. The van der Waals surface area contributed by atoms with Crippen LogP contribution < -0.4 is 10.2 Å². The highest BCUT2D eigenvalue weighted by atomic mass is 16.6. The van der Waals surface area contributed by atoms with Crippen molar-refractivity contribution >= 4 is 11.0 Å². The molecule has 0 bridgehead atoms. The largest absolute Gasteiger partial charge is 0.465 e. The fourth-order valence-corrected chi connectivity index (χ4v) is 2.49. The number of aryl methyl sites for hydroxylation is 1. The van der Waals surface area contributed by atoms with Crippen molar-refractivity contribution in [1.29, 1.82) is 0 Å². The Labute approximate surface area is 127 Å². The van der Waals surface area contributed by atoms with Crippen LogP contribution in [0, 0.1) is 6.92 Å². The summed E-state index contributed by atoms with van der Waals surface area (Å²) >= 11 is 0. The van der Waals surface area contributed by atoms with Crippen LogP contribution in [0.3, 0.4) is 0 Å². The van der Waals surface area contributed by atoms with E-state index in [1.165, 1.54) is 6.92 Å². The molecule has 0 spiro atoms. The molecule has 0 aliphatic carbocycles. The number of ether oxygens (including phenoxy) is 1. The summed E-state index contributed by atoms with van der Waals surface area (Å²) < 4.78 is 11.0. The average Bonchev–Trinajstić information content (AvgIpc) is 2.47. The molecule has 0 aliphatic heterocycles. The van der Waals surface area contributed by atoms with Gasteiger partial charge in [0.1, 0.15) is 17.1 Å². The minimum atomic E-state index is -0.922. The molecule has 0 fully saturated rings. The van der Waals surface area contributed by atoms with Gasteiger partial charge in [0, 0.05) is 6.07 Å². The van der Waals surface area contributed by atoms with Gasteiger partial charge in [0.25, 0.3) is 0 Å². The Morgan fingerprint density at radius 3 is 2.55 bits per heavy atom. The first kappa shape index (κ1) is 14.4. The zero-order valence-corrected chi connectivity index (χ0v) is 12.4. The van der Waals surface area contributed by atoms with Crippen LogP contribution in [0.4, 0.5) is 0 Å². The third kappa shape index (κ3) is 2.61. The van der Waals surface area contributed by atoms with Gasteiger partial charge in [-0.1, -0.05) is 30.3 Å². The summed E-state index contributed by atoms with van der Waals surface area (Å²) in [5, 5.41) is 9.75. The van der Waals surface area contributed by atoms with Crippen molar-refractivity contribution in [1.82, 2.24) is 0 Å². The molecule has 1 unspecified atom stereocenters. The van der Waals surface area contributed by atoms with Gasteiger partial charge in [-0.25, -0.2) is 0 Å². The van der Waals surface area contributed by atoms with Crippen LogP contribution in [0.25, 0.3) is 22.1 Å². The molecule has 0 saturated heterocycles. The van der Waals surface area contributed by atoms with Crippen LogP contribution in [-0.4, -0.2) is 11.4 Å². The number of benzene rings is 2. The second kappa shape index (κ2) is 5.66. The standard InChI is InChI=1S/C18H16O4/c1-11-17(13-6-4-3-5-7-13)18(20)15-9-8-14(22-12(2)19)10-16(15)21-11/h3-10,12,19H,1-2H3. The first-order chi connectivity index (χ1) is 10.6. The van der Waals surface area contributed by atoms with E-state index in [1.54, 1.807) is 25.1 Å². The van der Waals surface area contributed by atoms with E-state index in [4.69, 9.17) is 9.15 Å². The third-order valence-electron chi connectivity index (χ3n) is 3.41. The molecule has 3 rings (SSSR count). The van der Waals surface area contributed by atoms with Gasteiger partial charge in [0.15, 0.2) is 6.29 Å². The van der Waals surface area contributed by atoms with Crippen molar-refractivity contribution in [2.75, 3.05) is 0 Å². The topological polar surface area (TPSA) is 59.7 Å². The van der Waals surface area contributed by atoms with E-state index in [9.17, 15) is 9.90 Å².